The highest BCUT2D eigenvalue weighted by atomic mass is 35.5. The fourth-order valence-electron chi connectivity index (χ4n) is 4.17. The van der Waals surface area contributed by atoms with Crippen LogP contribution in [0.4, 0.5) is 0 Å². The lowest BCUT2D eigenvalue weighted by Gasteiger charge is -2.30. The fourth-order valence-corrected chi connectivity index (χ4v) is 4.36. The molecule has 0 bridgehead atoms. The molecule has 2 aromatic carbocycles. The van der Waals surface area contributed by atoms with E-state index in [2.05, 4.69) is 16.8 Å². The van der Waals surface area contributed by atoms with Crippen LogP contribution in [0.25, 0.3) is 0 Å². The Labute approximate surface area is 201 Å². The third kappa shape index (κ3) is 6.46. The van der Waals surface area contributed by atoms with E-state index in [0.717, 1.165) is 46.9 Å². The number of rotatable bonds is 13. The number of hydrogen-bond donors (Lipinski definition) is 2. The number of carbonyl (C=O) groups is 1. The first-order valence-electron chi connectivity index (χ1n) is 11.8. The Morgan fingerprint density at radius 2 is 1.82 bits per heavy atom. The number of unbranched alkanes of at least 4 members (excludes halogenated alkanes) is 1. The first kappa shape index (κ1) is 25.0. The van der Waals surface area contributed by atoms with Gasteiger partial charge >= 0.3 is 5.97 Å². The molecule has 0 radical (unpaired) electrons. The van der Waals surface area contributed by atoms with Crippen LogP contribution in [0.15, 0.2) is 60.8 Å². The number of imidazole rings is 1. The molecule has 176 valence electrons. The quantitative estimate of drug-likeness (QED) is 0.346. The van der Waals surface area contributed by atoms with Crippen molar-refractivity contribution in [3.63, 3.8) is 0 Å². The minimum Gasteiger partial charge on any atom is -0.480 e. The fraction of sp³-hybridized carbons (Fsp3) is 0.407. The van der Waals surface area contributed by atoms with Gasteiger partial charge in [-0.05, 0) is 30.0 Å². The van der Waals surface area contributed by atoms with Crippen molar-refractivity contribution in [2.45, 2.75) is 64.5 Å². The van der Waals surface area contributed by atoms with Gasteiger partial charge in [0.15, 0.2) is 0 Å². The van der Waals surface area contributed by atoms with Gasteiger partial charge in [-0.25, -0.2) is 4.98 Å². The largest absolute Gasteiger partial charge is 0.480 e. The summed E-state index contributed by atoms with van der Waals surface area (Å²) in [5.41, 5.74) is 2.16. The summed E-state index contributed by atoms with van der Waals surface area (Å²) in [7, 11) is 0. The molecule has 0 saturated heterocycles. The van der Waals surface area contributed by atoms with E-state index in [0.29, 0.717) is 32.4 Å². The van der Waals surface area contributed by atoms with Crippen molar-refractivity contribution in [1.29, 1.82) is 0 Å². The number of carboxylic acids is 1. The number of aliphatic carboxylic acids is 1. The van der Waals surface area contributed by atoms with Crippen LogP contribution < -0.4 is 5.32 Å². The number of carboxylic acid groups (broad SMARTS) is 1. The molecule has 1 unspecified atom stereocenters. The van der Waals surface area contributed by atoms with Gasteiger partial charge in [-0.1, -0.05) is 80.4 Å². The maximum atomic E-state index is 12.3. The third-order valence-corrected chi connectivity index (χ3v) is 6.64. The van der Waals surface area contributed by atoms with Gasteiger partial charge < -0.3 is 15.0 Å². The van der Waals surface area contributed by atoms with Gasteiger partial charge in [0, 0.05) is 42.7 Å². The van der Waals surface area contributed by atoms with Crippen LogP contribution in [-0.2, 0) is 30.6 Å². The topological polar surface area (TPSA) is 67.2 Å². The van der Waals surface area contributed by atoms with E-state index in [1.807, 2.05) is 67.7 Å². The van der Waals surface area contributed by atoms with Crippen LogP contribution in [-0.4, -0.2) is 32.7 Å². The van der Waals surface area contributed by atoms with Crippen molar-refractivity contribution in [1.82, 2.24) is 14.9 Å². The number of nitrogens with one attached hydrogen (secondary N) is 1. The van der Waals surface area contributed by atoms with Crippen molar-refractivity contribution in [2.75, 3.05) is 6.54 Å². The molecule has 0 aliphatic rings. The summed E-state index contributed by atoms with van der Waals surface area (Å²) in [5.74, 6) is 0.234. The second-order valence-electron chi connectivity index (χ2n) is 8.53. The normalized spacial score (nSPS) is 13.1. The Balaban J connectivity index is 1.77. The lowest BCUT2D eigenvalue weighted by atomic mass is 9.88. The summed E-state index contributed by atoms with van der Waals surface area (Å²) in [4.78, 5) is 17.0. The Kier molecular flexibility index (Phi) is 9.10. The molecule has 0 amide bonds. The third-order valence-electron chi connectivity index (χ3n) is 6.27. The maximum absolute atomic E-state index is 12.3. The molecular weight excluding hydrogens is 434 g/mol. The zero-order chi connectivity index (χ0) is 23.7. The molecule has 0 aliphatic carbocycles. The van der Waals surface area contributed by atoms with Gasteiger partial charge in [-0.3, -0.25) is 4.79 Å². The van der Waals surface area contributed by atoms with Gasteiger partial charge in [0.2, 0.25) is 0 Å². The van der Waals surface area contributed by atoms with Gasteiger partial charge in [0.1, 0.15) is 11.4 Å². The number of nitrogens with zero attached hydrogens (tertiary/aromatic N) is 2. The zero-order valence-electron chi connectivity index (χ0n) is 19.6. The standard InChI is InChI=1S/C27H34ClN3O2/c1-3-5-15-25-29-19-23(31(25)20-22-13-9-10-14-24(22)28)16-17-30-27(4-2,26(32)33)18-21-11-7-6-8-12-21/h6-14,19,30H,3-5,15-18,20H2,1-2H3,(H,32,33). The highest BCUT2D eigenvalue weighted by Crippen LogP contribution is 2.21. The summed E-state index contributed by atoms with van der Waals surface area (Å²) >= 11 is 6.43. The molecule has 5 nitrogen and oxygen atoms in total. The average molecular weight is 468 g/mol. The van der Waals surface area contributed by atoms with E-state index in [-0.39, 0.29) is 0 Å². The lowest BCUT2D eigenvalue weighted by molar-refractivity contribution is -0.145. The molecule has 33 heavy (non-hydrogen) atoms. The molecule has 0 aliphatic heterocycles. The van der Waals surface area contributed by atoms with Gasteiger partial charge in [-0.2, -0.15) is 0 Å². The van der Waals surface area contributed by atoms with Crippen LogP contribution in [0.1, 0.15) is 55.8 Å². The Hall–Kier alpha value is -2.63. The van der Waals surface area contributed by atoms with E-state index in [1.165, 1.54) is 0 Å². The highest BCUT2D eigenvalue weighted by molar-refractivity contribution is 6.31. The molecule has 3 aromatic rings. The van der Waals surface area contributed by atoms with Crippen LogP contribution >= 0.6 is 11.6 Å². The first-order valence-corrected chi connectivity index (χ1v) is 12.2. The second kappa shape index (κ2) is 12.0. The van der Waals surface area contributed by atoms with E-state index < -0.39 is 11.5 Å². The van der Waals surface area contributed by atoms with E-state index in [1.54, 1.807) is 0 Å². The Morgan fingerprint density at radius 1 is 1.09 bits per heavy atom. The molecule has 1 heterocycles. The minimum atomic E-state index is -1.00. The number of halogens is 1. The van der Waals surface area contributed by atoms with Gasteiger partial charge in [0.05, 0.1) is 6.54 Å². The molecule has 0 fully saturated rings. The smallest absolute Gasteiger partial charge is 0.324 e. The minimum absolute atomic E-state index is 0.445. The summed E-state index contributed by atoms with van der Waals surface area (Å²) in [5, 5.41) is 14.2. The highest BCUT2D eigenvalue weighted by Gasteiger charge is 2.36. The van der Waals surface area contributed by atoms with E-state index in [9.17, 15) is 9.90 Å². The Morgan fingerprint density at radius 3 is 2.48 bits per heavy atom. The zero-order valence-corrected chi connectivity index (χ0v) is 20.3. The average Bonchev–Trinajstić information content (AvgIpc) is 3.20. The van der Waals surface area contributed by atoms with Crippen molar-refractivity contribution < 1.29 is 9.90 Å². The van der Waals surface area contributed by atoms with Gasteiger partial charge in [0.25, 0.3) is 0 Å². The number of aromatic nitrogens is 2. The Bertz CT molecular complexity index is 1030. The molecular formula is C27H34ClN3O2. The molecule has 1 atom stereocenters. The van der Waals surface area contributed by atoms with Crippen LogP contribution in [0, 0.1) is 0 Å². The van der Waals surface area contributed by atoms with Crippen molar-refractivity contribution in [3.05, 3.63) is 88.5 Å². The van der Waals surface area contributed by atoms with E-state index in [4.69, 9.17) is 16.6 Å². The first-order chi connectivity index (χ1) is 16.0. The summed E-state index contributed by atoms with van der Waals surface area (Å²) in [6.07, 6.45) is 6.65. The summed E-state index contributed by atoms with van der Waals surface area (Å²) < 4.78 is 2.24. The second-order valence-corrected chi connectivity index (χ2v) is 8.93. The molecule has 3 rings (SSSR count). The van der Waals surface area contributed by atoms with Crippen LogP contribution in [0.5, 0.6) is 0 Å². The molecule has 2 N–H and O–H groups in total. The number of aryl methyl sites for hydroxylation is 1. The van der Waals surface area contributed by atoms with Crippen molar-refractivity contribution >= 4 is 17.6 Å². The molecule has 0 saturated carbocycles. The summed E-state index contributed by atoms with van der Waals surface area (Å²) in [6.45, 7) is 5.31. The van der Waals surface area contributed by atoms with Crippen molar-refractivity contribution in [2.24, 2.45) is 0 Å². The monoisotopic (exact) mass is 467 g/mol. The van der Waals surface area contributed by atoms with Gasteiger partial charge in [-0.15, -0.1) is 0 Å². The maximum Gasteiger partial charge on any atom is 0.324 e. The molecule has 0 spiro atoms. The molecule has 1 aromatic heterocycles. The molecule has 6 heteroatoms. The van der Waals surface area contributed by atoms with Crippen LogP contribution in [0.2, 0.25) is 5.02 Å². The predicted octanol–water partition coefficient (Wildman–Crippen LogP) is 5.54. The predicted molar refractivity (Wildman–Crippen MR) is 134 cm³/mol. The lowest BCUT2D eigenvalue weighted by Crippen LogP contribution is -2.54. The van der Waals surface area contributed by atoms with E-state index >= 15 is 0 Å². The SMILES string of the molecule is CCCCc1ncc(CCNC(CC)(Cc2ccccc2)C(=O)O)n1Cc1ccccc1Cl. The van der Waals surface area contributed by atoms with Crippen molar-refractivity contribution in [3.8, 4) is 0 Å². The van der Waals surface area contributed by atoms with Crippen LogP contribution in [0.3, 0.4) is 0 Å². The number of benzene rings is 2. The number of hydrogen-bond acceptors (Lipinski definition) is 3. The summed E-state index contributed by atoms with van der Waals surface area (Å²) in [6, 6.07) is 17.7.